The highest BCUT2D eigenvalue weighted by Gasteiger charge is 2.25. The van der Waals surface area contributed by atoms with E-state index in [0.717, 1.165) is 24.1 Å². The summed E-state index contributed by atoms with van der Waals surface area (Å²) in [6, 6.07) is 13.2. The number of hydrogen-bond acceptors (Lipinski definition) is 5. The first-order valence-electron chi connectivity index (χ1n) is 10.1. The number of aryl methyl sites for hydroxylation is 1. The SMILES string of the molecule is Cc1nn(-c2ccc(-c3noc(C4CCC4)n3)cc2)cc1C(=O)Nc1ccc(F)cc1. The summed E-state index contributed by atoms with van der Waals surface area (Å²) in [7, 11) is 0. The number of rotatable bonds is 5. The first-order chi connectivity index (χ1) is 15.1. The highest BCUT2D eigenvalue weighted by molar-refractivity contribution is 6.04. The summed E-state index contributed by atoms with van der Waals surface area (Å²) in [5.41, 5.74) is 3.21. The van der Waals surface area contributed by atoms with Crippen LogP contribution in [0.25, 0.3) is 17.1 Å². The molecule has 5 rings (SSSR count). The van der Waals surface area contributed by atoms with Crippen LogP contribution in [0.15, 0.2) is 59.3 Å². The number of halogens is 1. The summed E-state index contributed by atoms with van der Waals surface area (Å²) in [5, 5.41) is 11.3. The van der Waals surface area contributed by atoms with Crippen molar-refractivity contribution in [3.8, 4) is 17.1 Å². The maximum atomic E-state index is 13.1. The molecule has 7 nitrogen and oxygen atoms in total. The Labute approximate surface area is 177 Å². The van der Waals surface area contributed by atoms with Gasteiger partial charge in [-0.15, -0.1) is 0 Å². The van der Waals surface area contributed by atoms with Gasteiger partial charge in [0.2, 0.25) is 11.7 Å². The van der Waals surface area contributed by atoms with Gasteiger partial charge >= 0.3 is 0 Å². The Morgan fingerprint density at radius 1 is 1.13 bits per heavy atom. The Kier molecular flexibility index (Phi) is 4.82. The molecule has 2 aromatic heterocycles. The second kappa shape index (κ2) is 7.79. The number of anilines is 1. The second-order valence-electron chi connectivity index (χ2n) is 7.66. The average Bonchev–Trinajstić information content (AvgIpc) is 3.36. The molecule has 1 saturated carbocycles. The van der Waals surface area contributed by atoms with Crippen molar-refractivity contribution in [3.63, 3.8) is 0 Å². The molecular formula is C23H20FN5O2. The van der Waals surface area contributed by atoms with E-state index < -0.39 is 0 Å². The van der Waals surface area contributed by atoms with E-state index in [1.165, 1.54) is 30.7 Å². The highest BCUT2D eigenvalue weighted by atomic mass is 19.1. The van der Waals surface area contributed by atoms with Gasteiger partial charge in [-0.05, 0) is 68.3 Å². The minimum atomic E-state index is -0.356. The van der Waals surface area contributed by atoms with Crippen molar-refractivity contribution in [1.82, 2.24) is 19.9 Å². The third-order valence-corrected chi connectivity index (χ3v) is 5.53. The van der Waals surface area contributed by atoms with Gasteiger partial charge in [-0.25, -0.2) is 9.07 Å². The van der Waals surface area contributed by atoms with Gasteiger partial charge in [-0.1, -0.05) is 11.6 Å². The molecule has 2 heterocycles. The molecule has 8 heteroatoms. The molecule has 1 aliphatic rings. The summed E-state index contributed by atoms with van der Waals surface area (Å²) in [6.07, 6.45) is 5.10. The zero-order valence-corrected chi connectivity index (χ0v) is 16.9. The van der Waals surface area contributed by atoms with Crippen LogP contribution in [0.4, 0.5) is 10.1 Å². The number of benzene rings is 2. The van der Waals surface area contributed by atoms with E-state index in [4.69, 9.17) is 4.52 Å². The Morgan fingerprint density at radius 3 is 2.55 bits per heavy atom. The molecule has 0 bridgehead atoms. The molecule has 156 valence electrons. The van der Waals surface area contributed by atoms with E-state index in [0.29, 0.717) is 34.6 Å². The molecule has 0 unspecified atom stereocenters. The summed E-state index contributed by atoms with van der Waals surface area (Å²) in [5.74, 6) is 1.02. The molecule has 1 N–H and O–H groups in total. The lowest BCUT2D eigenvalue weighted by Crippen LogP contribution is -2.12. The number of carbonyl (C=O) groups excluding carboxylic acids is 1. The van der Waals surface area contributed by atoms with E-state index in [9.17, 15) is 9.18 Å². The first kappa shape index (κ1) is 19.2. The Morgan fingerprint density at radius 2 is 1.87 bits per heavy atom. The Bertz CT molecular complexity index is 1220. The van der Waals surface area contributed by atoms with E-state index in [1.54, 1.807) is 17.8 Å². The lowest BCUT2D eigenvalue weighted by molar-refractivity contribution is 0.102. The topological polar surface area (TPSA) is 85.8 Å². The molecule has 0 saturated heterocycles. The van der Waals surface area contributed by atoms with Crippen LogP contribution in [0.2, 0.25) is 0 Å². The molecule has 4 aromatic rings. The van der Waals surface area contributed by atoms with Gasteiger partial charge in [0.25, 0.3) is 5.91 Å². The van der Waals surface area contributed by atoms with Crippen LogP contribution in [-0.2, 0) is 0 Å². The Balaban J connectivity index is 1.33. The lowest BCUT2D eigenvalue weighted by Gasteiger charge is -2.20. The van der Waals surface area contributed by atoms with Crippen LogP contribution in [0.1, 0.15) is 47.1 Å². The summed E-state index contributed by atoms with van der Waals surface area (Å²) in [6.45, 7) is 1.77. The van der Waals surface area contributed by atoms with Crippen LogP contribution >= 0.6 is 0 Å². The smallest absolute Gasteiger partial charge is 0.259 e. The van der Waals surface area contributed by atoms with Gasteiger partial charge in [0.15, 0.2) is 0 Å². The van der Waals surface area contributed by atoms with E-state index >= 15 is 0 Å². The normalized spacial score (nSPS) is 13.7. The monoisotopic (exact) mass is 417 g/mol. The molecule has 0 spiro atoms. The zero-order chi connectivity index (χ0) is 21.4. The van der Waals surface area contributed by atoms with E-state index in [1.807, 2.05) is 24.3 Å². The van der Waals surface area contributed by atoms with Crippen molar-refractivity contribution >= 4 is 11.6 Å². The third kappa shape index (κ3) is 3.84. The molecule has 2 aromatic carbocycles. The van der Waals surface area contributed by atoms with Crippen LogP contribution in [0.5, 0.6) is 0 Å². The minimum Gasteiger partial charge on any atom is -0.339 e. The molecule has 1 aliphatic carbocycles. The van der Waals surface area contributed by atoms with Gasteiger partial charge in [-0.2, -0.15) is 10.1 Å². The van der Waals surface area contributed by atoms with Gasteiger partial charge in [-0.3, -0.25) is 4.79 Å². The molecule has 0 atom stereocenters. The largest absolute Gasteiger partial charge is 0.339 e. The molecular weight excluding hydrogens is 397 g/mol. The van der Waals surface area contributed by atoms with Crippen molar-refractivity contribution in [2.45, 2.75) is 32.1 Å². The fraction of sp³-hybridized carbons (Fsp3) is 0.217. The quantitative estimate of drug-likeness (QED) is 0.500. The Hall–Kier alpha value is -3.81. The van der Waals surface area contributed by atoms with Crippen LogP contribution in [0, 0.1) is 12.7 Å². The summed E-state index contributed by atoms with van der Waals surface area (Å²) in [4.78, 5) is 17.1. The minimum absolute atomic E-state index is 0.303. The van der Waals surface area contributed by atoms with E-state index in [-0.39, 0.29) is 11.7 Å². The molecule has 0 aliphatic heterocycles. The molecule has 1 amide bonds. The predicted molar refractivity (Wildman–Crippen MR) is 113 cm³/mol. The fourth-order valence-corrected chi connectivity index (χ4v) is 3.48. The van der Waals surface area contributed by atoms with Crippen molar-refractivity contribution in [1.29, 1.82) is 0 Å². The van der Waals surface area contributed by atoms with Crippen molar-refractivity contribution in [2.75, 3.05) is 5.32 Å². The predicted octanol–water partition coefficient (Wildman–Crippen LogP) is 4.89. The van der Waals surface area contributed by atoms with E-state index in [2.05, 4.69) is 20.6 Å². The number of nitrogens with one attached hydrogen (secondary N) is 1. The number of carbonyl (C=O) groups is 1. The average molecular weight is 417 g/mol. The zero-order valence-electron chi connectivity index (χ0n) is 16.9. The van der Waals surface area contributed by atoms with Gasteiger partial charge in [0.1, 0.15) is 5.82 Å². The molecule has 0 radical (unpaired) electrons. The summed E-state index contributed by atoms with van der Waals surface area (Å²) < 4.78 is 20.1. The van der Waals surface area contributed by atoms with Crippen molar-refractivity contribution < 1.29 is 13.7 Å². The number of amides is 1. The highest BCUT2D eigenvalue weighted by Crippen LogP contribution is 2.36. The van der Waals surface area contributed by atoms with Gasteiger partial charge < -0.3 is 9.84 Å². The first-order valence-corrected chi connectivity index (χ1v) is 10.1. The maximum Gasteiger partial charge on any atom is 0.259 e. The number of hydrogen-bond donors (Lipinski definition) is 1. The second-order valence-corrected chi connectivity index (χ2v) is 7.66. The summed E-state index contributed by atoms with van der Waals surface area (Å²) >= 11 is 0. The van der Waals surface area contributed by atoms with Gasteiger partial charge in [0.05, 0.1) is 16.9 Å². The lowest BCUT2D eigenvalue weighted by atomic mass is 9.85. The maximum absolute atomic E-state index is 13.1. The molecule has 1 fully saturated rings. The third-order valence-electron chi connectivity index (χ3n) is 5.53. The van der Waals surface area contributed by atoms with Crippen LogP contribution in [0.3, 0.4) is 0 Å². The van der Waals surface area contributed by atoms with Crippen molar-refractivity contribution in [3.05, 3.63) is 77.7 Å². The molecule has 31 heavy (non-hydrogen) atoms. The standard InChI is InChI=1S/C23H20FN5O2/c1-14-20(22(30)25-18-9-7-17(24)8-10-18)13-29(27-14)19-11-5-15(6-12-19)21-26-23(31-28-21)16-3-2-4-16/h5-13,16H,2-4H2,1H3,(H,25,30). The van der Waals surface area contributed by atoms with Crippen LogP contribution < -0.4 is 5.32 Å². The van der Waals surface area contributed by atoms with Gasteiger partial charge in [0, 0.05) is 23.4 Å². The van der Waals surface area contributed by atoms with Crippen molar-refractivity contribution in [2.24, 2.45) is 0 Å². The number of aromatic nitrogens is 4. The number of nitrogens with zero attached hydrogens (tertiary/aromatic N) is 4. The fourth-order valence-electron chi connectivity index (χ4n) is 3.48. The van der Waals surface area contributed by atoms with Crippen LogP contribution in [-0.4, -0.2) is 25.8 Å².